The third-order valence-electron chi connectivity index (χ3n) is 3.83. The zero-order valence-corrected chi connectivity index (χ0v) is 13.4. The number of rotatable bonds is 4. The Morgan fingerprint density at radius 1 is 1.30 bits per heavy atom. The predicted molar refractivity (Wildman–Crippen MR) is 85.3 cm³/mol. The molecule has 2 aliphatic rings. The fourth-order valence-corrected chi connectivity index (χ4v) is 2.36. The average molecular weight is 393 g/mol. The van der Waals surface area contributed by atoms with Crippen LogP contribution in [0, 0.1) is 11.6 Å². The Labute approximate surface area is 134 Å². The predicted octanol–water partition coefficient (Wildman–Crippen LogP) is 2.68. The Hall–Kier alpha value is -0.920. The number of hydrogen-bond acceptors (Lipinski definition) is 1. The molecule has 3 nitrogen and oxygen atoms in total. The van der Waals surface area contributed by atoms with Crippen molar-refractivity contribution in [2.24, 2.45) is 10.7 Å². The molecule has 1 aromatic rings. The summed E-state index contributed by atoms with van der Waals surface area (Å²) in [6.07, 6.45) is 3.74. The van der Waals surface area contributed by atoms with E-state index >= 15 is 0 Å². The topological polar surface area (TPSA) is 50.4 Å². The summed E-state index contributed by atoms with van der Waals surface area (Å²) in [6, 6.07) is 4.42. The molecule has 0 amide bonds. The molecule has 0 unspecified atom stereocenters. The normalized spacial score (nSPS) is 20.2. The highest BCUT2D eigenvalue weighted by Gasteiger charge is 2.47. The standard InChI is InChI=1S/C14H17F2N3.HI/c15-10-2-1-3-11(16)12(10)14(6-7-14)8-18-13(17)19-9-4-5-9;/h1-3,9H,4-8H2,(H3,17,18,19);1H. The van der Waals surface area contributed by atoms with Crippen LogP contribution in [0.2, 0.25) is 0 Å². The number of benzene rings is 1. The molecule has 2 saturated carbocycles. The van der Waals surface area contributed by atoms with Crippen LogP contribution in [0.1, 0.15) is 31.2 Å². The van der Waals surface area contributed by atoms with Crippen LogP contribution in [0.25, 0.3) is 0 Å². The Morgan fingerprint density at radius 3 is 2.40 bits per heavy atom. The minimum atomic E-state index is -0.495. The van der Waals surface area contributed by atoms with Crippen LogP contribution < -0.4 is 11.1 Å². The van der Waals surface area contributed by atoms with E-state index in [0.29, 0.717) is 18.5 Å². The van der Waals surface area contributed by atoms with Crippen LogP contribution in [0.15, 0.2) is 23.2 Å². The molecule has 0 heterocycles. The van der Waals surface area contributed by atoms with Gasteiger partial charge in [-0.1, -0.05) is 6.07 Å². The number of nitrogens with one attached hydrogen (secondary N) is 1. The second-order valence-electron chi connectivity index (χ2n) is 5.50. The van der Waals surface area contributed by atoms with E-state index in [-0.39, 0.29) is 29.5 Å². The first kappa shape index (κ1) is 15.5. The van der Waals surface area contributed by atoms with Crippen molar-refractivity contribution in [2.45, 2.75) is 37.1 Å². The summed E-state index contributed by atoms with van der Waals surface area (Å²) in [6.45, 7) is 0.344. The zero-order valence-electron chi connectivity index (χ0n) is 11.0. The van der Waals surface area contributed by atoms with Crippen LogP contribution in [0.5, 0.6) is 0 Å². The lowest BCUT2D eigenvalue weighted by Crippen LogP contribution is -2.34. The van der Waals surface area contributed by atoms with E-state index in [9.17, 15) is 8.78 Å². The molecule has 0 radical (unpaired) electrons. The van der Waals surface area contributed by atoms with Crippen molar-refractivity contribution in [1.29, 1.82) is 0 Å². The second-order valence-corrected chi connectivity index (χ2v) is 5.50. The Kier molecular flexibility index (Phi) is 4.51. The molecule has 3 rings (SSSR count). The Bertz CT molecular complexity index is 505. The van der Waals surface area contributed by atoms with Crippen LogP contribution >= 0.6 is 24.0 Å². The fourth-order valence-electron chi connectivity index (χ4n) is 2.36. The van der Waals surface area contributed by atoms with Crippen molar-refractivity contribution < 1.29 is 8.78 Å². The summed E-state index contributed by atoms with van der Waals surface area (Å²) >= 11 is 0. The summed E-state index contributed by atoms with van der Waals surface area (Å²) in [7, 11) is 0. The van der Waals surface area contributed by atoms with E-state index in [2.05, 4.69) is 10.3 Å². The quantitative estimate of drug-likeness (QED) is 0.470. The maximum absolute atomic E-state index is 13.8. The third kappa shape index (κ3) is 3.21. The van der Waals surface area contributed by atoms with Crippen molar-refractivity contribution in [2.75, 3.05) is 6.54 Å². The van der Waals surface area contributed by atoms with Crippen LogP contribution in [0.4, 0.5) is 8.78 Å². The molecule has 0 saturated heterocycles. The second kappa shape index (κ2) is 5.83. The number of nitrogens with two attached hydrogens (primary N) is 1. The highest BCUT2D eigenvalue weighted by Crippen LogP contribution is 2.50. The number of hydrogen-bond donors (Lipinski definition) is 2. The van der Waals surface area contributed by atoms with Gasteiger partial charge in [0.05, 0.1) is 6.54 Å². The lowest BCUT2D eigenvalue weighted by molar-refractivity contribution is 0.517. The highest BCUT2D eigenvalue weighted by molar-refractivity contribution is 14.0. The van der Waals surface area contributed by atoms with Gasteiger partial charge in [0.15, 0.2) is 5.96 Å². The first-order valence-corrected chi connectivity index (χ1v) is 6.62. The monoisotopic (exact) mass is 393 g/mol. The molecule has 2 fully saturated rings. The molecule has 6 heteroatoms. The van der Waals surface area contributed by atoms with Crippen molar-refractivity contribution in [3.05, 3.63) is 35.4 Å². The third-order valence-corrected chi connectivity index (χ3v) is 3.83. The molecule has 20 heavy (non-hydrogen) atoms. The van der Waals surface area contributed by atoms with E-state index in [1.54, 1.807) is 0 Å². The van der Waals surface area contributed by atoms with Gasteiger partial charge in [0, 0.05) is 17.0 Å². The smallest absolute Gasteiger partial charge is 0.188 e. The minimum absolute atomic E-state index is 0. The van der Waals surface area contributed by atoms with Gasteiger partial charge in [-0.05, 0) is 37.8 Å². The number of nitrogens with zero attached hydrogens (tertiary/aromatic N) is 1. The Balaban J connectivity index is 0.00000147. The molecule has 1 aromatic carbocycles. The first-order valence-electron chi connectivity index (χ1n) is 6.62. The van der Waals surface area contributed by atoms with E-state index in [1.807, 2.05) is 0 Å². The van der Waals surface area contributed by atoms with Crippen LogP contribution in [-0.2, 0) is 5.41 Å². The van der Waals surface area contributed by atoms with Crippen molar-refractivity contribution in [1.82, 2.24) is 5.32 Å². The van der Waals surface area contributed by atoms with Gasteiger partial charge in [-0.3, -0.25) is 4.99 Å². The molecule has 0 spiro atoms. The molecular weight excluding hydrogens is 375 g/mol. The highest BCUT2D eigenvalue weighted by atomic mass is 127. The minimum Gasteiger partial charge on any atom is -0.370 e. The van der Waals surface area contributed by atoms with E-state index in [4.69, 9.17) is 5.73 Å². The number of guanidine groups is 1. The van der Waals surface area contributed by atoms with Crippen molar-refractivity contribution in [3.8, 4) is 0 Å². The maximum atomic E-state index is 13.8. The van der Waals surface area contributed by atoms with Gasteiger partial charge in [-0.25, -0.2) is 8.78 Å². The first-order chi connectivity index (χ1) is 9.11. The van der Waals surface area contributed by atoms with Gasteiger partial charge < -0.3 is 11.1 Å². The molecule has 0 atom stereocenters. The lowest BCUT2D eigenvalue weighted by atomic mass is 9.95. The van der Waals surface area contributed by atoms with Crippen LogP contribution in [-0.4, -0.2) is 18.5 Å². The molecule has 2 aliphatic carbocycles. The Morgan fingerprint density at radius 2 is 1.90 bits per heavy atom. The van der Waals surface area contributed by atoms with Crippen LogP contribution in [0.3, 0.4) is 0 Å². The fraction of sp³-hybridized carbons (Fsp3) is 0.500. The van der Waals surface area contributed by atoms with Gasteiger partial charge in [-0.15, -0.1) is 24.0 Å². The zero-order chi connectivity index (χ0) is 13.5. The SMILES string of the molecule is I.NC(=NCC1(c2c(F)cccc2F)CC1)NC1CC1. The van der Waals surface area contributed by atoms with Crippen molar-refractivity contribution in [3.63, 3.8) is 0 Å². The van der Waals surface area contributed by atoms with Gasteiger partial charge >= 0.3 is 0 Å². The van der Waals surface area contributed by atoms with E-state index in [1.165, 1.54) is 18.2 Å². The van der Waals surface area contributed by atoms with Gasteiger partial charge in [0.1, 0.15) is 11.6 Å². The molecule has 110 valence electrons. The number of aliphatic imine (C=N–C) groups is 1. The maximum Gasteiger partial charge on any atom is 0.188 e. The summed E-state index contributed by atoms with van der Waals surface area (Å²) in [4.78, 5) is 4.25. The van der Waals surface area contributed by atoms with E-state index < -0.39 is 17.0 Å². The molecule has 3 N–H and O–H groups in total. The van der Waals surface area contributed by atoms with Gasteiger partial charge in [0.2, 0.25) is 0 Å². The summed E-state index contributed by atoms with van der Waals surface area (Å²) in [5, 5.41) is 3.08. The largest absolute Gasteiger partial charge is 0.370 e. The summed E-state index contributed by atoms with van der Waals surface area (Å²) in [5.74, 6) is -0.589. The molecule has 0 aliphatic heterocycles. The molecule has 0 aromatic heterocycles. The molecular formula is C14H18F2IN3. The van der Waals surface area contributed by atoms with Crippen molar-refractivity contribution >= 4 is 29.9 Å². The molecule has 0 bridgehead atoms. The average Bonchev–Trinajstić information content (AvgIpc) is 3.23. The lowest BCUT2D eigenvalue weighted by Gasteiger charge is -2.15. The van der Waals surface area contributed by atoms with E-state index in [0.717, 1.165) is 25.7 Å². The van der Waals surface area contributed by atoms with Gasteiger partial charge in [0.25, 0.3) is 0 Å². The van der Waals surface area contributed by atoms with Gasteiger partial charge in [-0.2, -0.15) is 0 Å². The number of halogens is 3. The summed E-state index contributed by atoms with van der Waals surface area (Å²) in [5.41, 5.74) is 5.43. The summed E-state index contributed by atoms with van der Waals surface area (Å²) < 4.78 is 27.6.